The maximum absolute atomic E-state index is 13.8. The van der Waals surface area contributed by atoms with E-state index in [4.69, 9.17) is 10.00 Å². The lowest BCUT2D eigenvalue weighted by atomic mass is 10.1. The molecule has 0 amide bonds. The molecule has 3 rings (SSSR count). The third-order valence-electron chi connectivity index (χ3n) is 3.84. The second-order valence-corrected chi connectivity index (χ2v) is 6.72. The fourth-order valence-electron chi connectivity index (χ4n) is 2.44. The van der Waals surface area contributed by atoms with Crippen LogP contribution in [0, 0.1) is 17.1 Å². The standard InChI is InChI=1S/C17H15FN2O4S/c18-13-4-9(1-2-10(13)5-19)11-3-12(7-20-6-11)24-17-16(23)15(22)14(21)8-25-17/h1-4,6-7,14-17,21-23H,8H2/t14-,15+,16-,17-/m1/s1. The largest absolute Gasteiger partial charge is 0.475 e. The molecule has 1 aliphatic rings. The van der Waals surface area contributed by atoms with Crippen molar-refractivity contribution in [3.63, 3.8) is 0 Å². The SMILES string of the molecule is N#Cc1ccc(-c2cncc(O[C@@H]3SC[C@@H](O)[C@H](O)[C@H]3O)c2)cc1F. The lowest BCUT2D eigenvalue weighted by Gasteiger charge is -2.34. The molecule has 1 saturated heterocycles. The quantitative estimate of drug-likeness (QED) is 0.755. The van der Waals surface area contributed by atoms with Crippen molar-refractivity contribution in [2.75, 3.05) is 5.75 Å². The van der Waals surface area contributed by atoms with Crippen molar-refractivity contribution >= 4 is 11.8 Å². The molecule has 1 aromatic carbocycles. The van der Waals surface area contributed by atoms with E-state index < -0.39 is 29.6 Å². The van der Waals surface area contributed by atoms with Crippen molar-refractivity contribution < 1.29 is 24.4 Å². The van der Waals surface area contributed by atoms with Crippen LogP contribution in [-0.2, 0) is 0 Å². The van der Waals surface area contributed by atoms with Gasteiger partial charge in [-0.15, -0.1) is 11.8 Å². The predicted molar refractivity (Wildman–Crippen MR) is 89.2 cm³/mol. The number of aliphatic hydroxyl groups is 3. The summed E-state index contributed by atoms with van der Waals surface area (Å²) < 4.78 is 19.4. The van der Waals surface area contributed by atoms with E-state index >= 15 is 0 Å². The third kappa shape index (κ3) is 3.75. The molecule has 3 N–H and O–H groups in total. The topological polar surface area (TPSA) is 107 Å². The number of rotatable bonds is 3. The van der Waals surface area contributed by atoms with E-state index in [0.717, 1.165) is 0 Å². The van der Waals surface area contributed by atoms with E-state index in [1.165, 1.54) is 36.3 Å². The zero-order valence-corrected chi connectivity index (χ0v) is 13.7. The summed E-state index contributed by atoms with van der Waals surface area (Å²) in [4.78, 5) is 4.04. The first-order chi connectivity index (χ1) is 12.0. The van der Waals surface area contributed by atoms with Gasteiger partial charge in [-0.05, 0) is 23.8 Å². The highest BCUT2D eigenvalue weighted by Gasteiger charge is 2.38. The minimum absolute atomic E-state index is 0.0432. The number of aromatic nitrogens is 1. The Kier molecular flexibility index (Phi) is 5.20. The normalized spacial score (nSPS) is 26.0. The van der Waals surface area contributed by atoms with Gasteiger partial charge in [0, 0.05) is 17.5 Å². The fraction of sp³-hybridized carbons (Fsp3) is 0.294. The third-order valence-corrected chi connectivity index (χ3v) is 5.08. The van der Waals surface area contributed by atoms with Crippen LogP contribution < -0.4 is 4.74 Å². The van der Waals surface area contributed by atoms with Gasteiger partial charge >= 0.3 is 0 Å². The minimum atomic E-state index is -1.28. The average molecular weight is 362 g/mol. The van der Waals surface area contributed by atoms with Crippen LogP contribution in [0.25, 0.3) is 11.1 Å². The lowest BCUT2D eigenvalue weighted by molar-refractivity contribution is -0.0786. The Morgan fingerprint density at radius 2 is 1.96 bits per heavy atom. The summed E-state index contributed by atoms with van der Waals surface area (Å²) in [6.45, 7) is 0. The summed E-state index contributed by atoms with van der Waals surface area (Å²) in [5.41, 5.74) is 0.310. The Hall–Kier alpha value is -2.18. The Morgan fingerprint density at radius 3 is 2.68 bits per heavy atom. The monoisotopic (exact) mass is 362 g/mol. The van der Waals surface area contributed by atoms with Crippen molar-refractivity contribution in [3.8, 4) is 22.9 Å². The summed E-state index contributed by atoms with van der Waals surface area (Å²) in [6, 6.07) is 7.61. The van der Waals surface area contributed by atoms with E-state index in [9.17, 15) is 19.7 Å². The average Bonchev–Trinajstić information content (AvgIpc) is 2.62. The maximum atomic E-state index is 13.8. The van der Waals surface area contributed by atoms with Crippen LogP contribution in [0.4, 0.5) is 4.39 Å². The van der Waals surface area contributed by atoms with Gasteiger partial charge in [0.05, 0.1) is 17.9 Å². The number of benzene rings is 1. The second kappa shape index (κ2) is 7.37. The first-order valence-corrected chi connectivity index (χ1v) is 8.52. The number of thioether (sulfide) groups is 1. The van der Waals surface area contributed by atoms with Gasteiger partial charge in [0.25, 0.3) is 0 Å². The number of halogens is 1. The van der Waals surface area contributed by atoms with Crippen LogP contribution in [-0.4, -0.2) is 49.8 Å². The Bertz CT molecular complexity index is 813. The van der Waals surface area contributed by atoms with Crippen molar-refractivity contribution in [2.45, 2.75) is 23.7 Å². The summed E-state index contributed by atoms with van der Waals surface area (Å²) in [5, 5.41) is 38.0. The van der Waals surface area contributed by atoms with Gasteiger partial charge in [-0.3, -0.25) is 4.98 Å². The predicted octanol–water partition coefficient (Wildman–Crippen LogP) is 1.29. The molecule has 1 aliphatic heterocycles. The van der Waals surface area contributed by atoms with Gasteiger partial charge in [-0.25, -0.2) is 4.39 Å². The Morgan fingerprint density at radius 1 is 1.16 bits per heavy atom. The molecule has 1 aromatic heterocycles. The van der Waals surface area contributed by atoms with Gasteiger partial charge in [-0.1, -0.05) is 6.07 Å². The molecule has 4 atom stereocenters. The molecule has 2 aromatic rings. The van der Waals surface area contributed by atoms with Gasteiger partial charge in [0.2, 0.25) is 0 Å². The lowest BCUT2D eigenvalue weighted by Crippen LogP contribution is -2.50. The van der Waals surface area contributed by atoms with Crippen LogP contribution >= 0.6 is 11.8 Å². The summed E-state index contributed by atoms with van der Waals surface area (Å²) >= 11 is 1.18. The van der Waals surface area contributed by atoms with Crippen LogP contribution in [0.1, 0.15) is 5.56 Å². The molecule has 0 bridgehead atoms. The Balaban J connectivity index is 1.80. The fourth-order valence-corrected chi connectivity index (χ4v) is 3.56. The highest BCUT2D eigenvalue weighted by Crippen LogP contribution is 2.31. The van der Waals surface area contributed by atoms with Crippen molar-refractivity contribution in [1.29, 1.82) is 5.26 Å². The van der Waals surface area contributed by atoms with Gasteiger partial charge in [0.1, 0.15) is 29.8 Å². The maximum Gasteiger partial charge on any atom is 0.173 e. The molecule has 8 heteroatoms. The summed E-state index contributed by atoms with van der Waals surface area (Å²) in [6.07, 6.45) is -0.573. The smallest absolute Gasteiger partial charge is 0.173 e. The molecule has 25 heavy (non-hydrogen) atoms. The highest BCUT2D eigenvalue weighted by molar-refractivity contribution is 7.99. The van der Waals surface area contributed by atoms with Gasteiger partial charge in [0.15, 0.2) is 5.44 Å². The van der Waals surface area contributed by atoms with E-state index in [1.54, 1.807) is 18.2 Å². The molecular weight excluding hydrogens is 347 g/mol. The van der Waals surface area contributed by atoms with Crippen molar-refractivity contribution in [3.05, 3.63) is 48.0 Å². The number of ether oxygens (including phenoxy) is 1. The first-order valence-electron chi connectivity index (χ1n) is 7.47. The van der Waals surface area contributed by atoms with Gasteiger partial charge < -0.3 is 20.1 Å². The van der Waals surface area contributed by atoms with Crippen molar-refractivity contribution in [1.82, 2.24) is 4.98 Å². The number of nitriles is 1. The second-order valence-electron chi connectivity index (χ2n) is 5.58. The number of pyridine rings is 1. The number of aliphatic hydroxyl groups excluding tert-OH is 3. The van der Waals surface area contributed by atoms with Crippen LogP contribution in [0.3, 0.4) is 0 Å². The molecule has 2 heterocycles. The molecule has 0 unspecified atom stereocenters. The van der Waals surface area contributed by atoms with Gasteiger partial charge in [-0.2, -0.15) is 5.26 Å². The van der Waals surface area contributed by atoms with E-state index in [0.29, 0.717) is 16.9 Å². The minimum Gasteiger partial charge on any atom is -0.475 e. The number of nitrogens with zero attached hydrogens (tertiary/aromatic N) is 2. The molecular formula is C17H15FN2O4S. The molecule has 0 radical (unpaired) electrons. The molecule has 1 fully saturated rings. The first kappa shape index (κ1) is 17.6. The molecule has 130 valence electrons. The summed E-state index contributed by atoms with van der Waals surface area (Å²) in [7, 11) is 0. The van der Waals surface area contributed by atoms with E-state index in [2.05, 4.69) is 4.98 Å². The summed E-state index contributed by atoms with van der Waals surface area (Å²) in [5.74, 6) is -0.0549. The van der Waals surface area contributed by atoms with Crippen LogP contribution in [0.2, 0.25) is 0 Å². The highest BCUT2D eigenvalue weighted by atomic mass is 32.2. The number of hydrogen-bond donors (Lipinski definition) is 3. The Labute approximate surface area is 147 Å². The number of hydrogen-bond acceptors (Lipinski definition) is 7. The zero-order chi connectivity index (χ0) is 18.0. The molecule has 0 aliphatic carbocycles. The van der Waals surface area contributed by atoms with E-state index in [1.807, 2.05) is 0 Å². The van der Waals surface area contributed by atoms with Crippen LogP contribution in [0.5, 0.6) is 5.75 Å². The van der Waals surface area contributed by atoms with Crippen molar-refractivity contribution in [2.24, 2.45) is 0 Å². The molecule has 0 saturated carbocycles. The zero-order valence-electron chi connectivity index (χ0n) is 12.9. The molecule has 0 spiro atoms. The molecule has 6 nitrogen and oxygen atoms in total. The van der Waals surface area contributed by atoms with Crippen LogP contribution in [0.15, 0.2) is 36.7 Å². The van der Waals surface area contributed by atoms with E-state index in [-0.39, 0.29) is 11.3 Å².